The first-order chi connectivity index (χ1) is 10.2. The Balaban J connectivity index is 0.00000441. The standard InChI is InChI=1S/C15H27N5S.HI/c1-16-15(18-8-5-6-10-21-4)19-12-13-7-9-17-14(11-13)20(2)3;/h7,9,11H,5-6,8,10,12H2,1-4H3,(H2,16,18,19);1H. The summed E-state index contributed by atoms with van der Waals surface area (Å²) in [6, 6.07) is 4.10. The van der Waals surface area contributed by atoms with Gasteiger partial charge in [0.2, 0.25) is 0 Å². The lowest BCUT2D eigenvalue weighted by atomic mass is 10.2. The zero-order valence-corrected chi connectivity index (χ0v) is 17.1. The summed E-state index contributed by atoms with van der Waals surface area (Å²) in [5.41, 5.74) is 1.19. The van der Waals surface area contributed by atoms with Crippen molar-refractivity contribution in [3.05, 3.63) is 23.9 Å². The summed E-state index contributed by atoms with van der Waals surface area (Å²) in [6.45, 7) is 1.70. The minimum Gasteiger partial charge on any atom is -0.363 e. The molecule has 1 heterocycles. The van der Waals surface area contributed by atoms with Crippen molar-refractivity contribution in [2.45, 2.75) is 19.4 Å². The van der Waals surface area contributed by atoms with Crippen molar-refractivity contribution >= 4 is 47.5 Å². The van der Waals surface area contributed by atoms with Gasteiger partial charge >= 0.3 is 0 Å². The van der Waals surface area contributed by atoms with Crippen LogP contribution in [0.5, 0.6) is 0 Å². The molecular weight excluding hydrogens is 409 g/mol. The van der Waals surface area contributed by atoms with Crippen LogP contribution in [-0.4, -0.2) is 50.6 Å². The number of nitrogens with one attached hydrogen (secondary N) is 2. The van der Waals surface area contributed by atoms with Crippen LogP contribution in [-0.2, 0) is 6.54 Å². The van der Waals surface area contributed by atoms with Crippen LogP contribution in [0, 0.1) is 0 Å². The average Bonchev–Trinajstić information content (AvgIpc) is 2.50. The lowest BCUT2D eigenvalue weighted by Crippen LogP contribution is -2.37. The fourth-order valence-corrected chi connectivity index (χ4v) is 2.29. The van der Waals surface area contributed by atoms with Crippen LogP contribution < -0.4 is 15.5 Å². The highest BCUT2D eigenvalue weighted by molar-refractivity contribution is 14.0. The number of rotatable bonds is 8. The smallest absolute Gasteiger partial charge is 0.191 e. The summed E-state index contributed by atoms with van der Waals surface area (Å²) in [7, 11) is 5.79. The Hall–Kier alpha value is -0.700. The van der Waals surface area contributed by atoms with Crippen molar-refractivity contribution in [1.29, 1.82) is 0 Å². The summed E-state index contributed by atoms with van der Waals surface area (Å²) in [5, 5.41) is 6.67. The molecule has 22 heavy (non-hydrogen) atoms. The normalized spacial score (nSPS) is 10.8. The molecule has 7 heteroatoms. The third-order valence-electron chi connectivity index (χ3n) is 3.02. The molecule has 2 N–H and O–H groups in total. The molecule has 0 aromatic carbocycles. The number of hydrogen-bond acceptors (Lipinski definition) is 4. The molecule has 0 bridgehead atoms. The maximum atomic E-state index is 4.31. The largest absolute Gasteiger partial charge is 0.363 e. The first-order valence-corrected chi connectivity index (χ1v) is 8.62. The maximum absolute atomic E-state index is 4.31. The lowest BCUT2D eigenvalue weighted by Gasteiger charge is -2.14. The number of guanidine groups is 1. The number of nitrogens with zero attached hydrogens (tertiary/aromatic N) is 3. The van der Waals surface area contributed by atoms with E-state index >= 15 is 0 Å². The fraction of sp³-hybridized carbons (Fsp3) is 0.600. The molecule has 1 aromatic rings. The van der Waals surface area contributed by atoms with E-state index in [9.17, 15) is 0 Å². The number of halogens is 1. The minimum absolute atomic E-state index is 0. The second-order valence-corrected chi connectivity index (χ2v) is 5.95. The Labute approximate surface area is 155 Å². The highest BCUT2D eigenvalue weighted by Crippen LogP contribution is 2.09. The Morgan fingerprint density at radius 1 is 1.32 bits per heavy atom. The molecule has 0 atom stereocenters. The van der Waals surface area contributed by atoms with Gasteiger partial charge in [0.05, 0.1) is 0 Å². The molecule has 0 unspecified atom stereocenters. The fourth-order valence-electron chi connectivity index (χ4n) is 1.80. The van der Waals surface area contributed by atoms with Gasteiger partial charge in [0.25, 0.3) is 0 Å². The molecule has 5 nitrogen and oxygen atoms in total. The second-order valence-electron chi connectivity index (χ2n) is 4.97. The van der Waals surface area contributed by atoms with Crippen molar-refractivity contribution in [2.75, 3.05) is 44.6 Å². The van der Waals surface area contributed by atoms with Gasteiger partial charge in [0, 0.05) is 40.4 Å². The summed E-state index contributed by atoms with van der Waals surface area (Å²) < 4.78 is 0. The number of thioether (sulfide) groups is 1. The highest BCUT2D eigenvalue weighted by Gasteiger charge is 2.01. The van der Waals surface area contributed by atoms with E-state index in [2.05, 4.69) is 32.9 Å². The van der Waals surface area contributed by atoms with E-state index in [1.807, 2.05) is 43.0 Å². The maximum Gasteiger partial charge on any atom is 0.191 e. The quantitative estimate of drug-likeness (QED) is 0.284. The Morgan fingerprint density at radius 2 is 2.09 bits per heavy atom. The van der Waals surface area contributed by atoms with Crippen molar-refractivity contribution in [2.24, 2.45) is 4.99 Å². The Kier molecular flexibility index (Phi) is 12.4. The zero-order chi connectivity index (χ0) is 15.5. The highest BCUT2D eigenvalue weighted by atomic mass is 127. The third-order valence-corrected chi connectivity index (χ3v) is 3.72. The van der Waals surface area contributed by atoms with Crippen LogP contribution in [0.25, 0.3) is 0 Å². The minimum atomic E-state index is 0. The molecule has 0 saturated heterocycles. The third kappa shape index (κ3) is 8.67. The number of unbranched alkanes of at least 4 members (excludes halogenated alkanes) is 1. The van der Waals surface area contributed by atoms with Crippen molar-refractivity contribution in [1.82, 2.24) is 15.6 Å². The summed E-state index contributed by atoms with van der Waals surface area (Å²) in [4.78, 5) is 10.6. The van der Waals surface area contributed by atoms with Gasteiger partial charge in [-0.1, -0.05) is 0 Å². The number of hydrogen-bond donors (Lipinski definition) is 2. The summed E-state index contributed by atoms with van der Waals surface area (Å²) >= 11 is 1.89. The molecule has 0 aliphatic heterocycles. The molecule has 1 rings (SSSR count). The SMILES string of the molecule is CN=C(NCCCCSC)NCc1ccnc(N(C)C)c1.I. The van der Waals surface area contributed by atoms with E-state index in [1.165, 1.54) is 24.2 Å². The summed E-state index contributed by atoms with van der Waals surface area (Å²) in [5.74, 6) is 3.04. The van der Waals surface area contributed by atoms with Crippen molar-refractivity contribution < 1.29 is 0 Å². The molecule has 0 saturated carbocycles. The van der Waals surface area contributed by atoms with Gasteiger partial charge in [-0.2, -0.15) is 11.8 Å². The van der Waals surface area contributed by atoms with E-state index in [1.54, 1.807) is 7.05 Å². The van der Waals surface area contributed by atoms with Gasteiger partial charge in [-0.3, -0.25) is 4.99 Å². The molecule has 0 radical (unpaired) electrons. The monoisotopic (exact) mass is 437 g/mol. The molecule has 0 spiro atoms. The molecule has 1 aromatic heterocycles. The molecule has 0 aliphatic carbocycles. The van der Waals surface area contributed by atoms with E-state index in [0.717, 1.165) is 24.9 Å². The number of aliphatic imine (C=N–C) groups is 1. The molecular formula is C15H28IN5S. The van der Waals surface area contributed by atoms with E-state index in [0.29, 0.717) is 0 Å². The molecule has 0 amide bonds. The van der Waals surface area contributed by atoms with E-state index in [4.69, 9.17) is 0 Å². The van der Waals surface area contributed by atoms with Crippen LogP contribution in [0.3, 0.4) is 0 Å². The van der Waals surface area contributed by atoms with Gasteiger partial charge in [-0.05, 0) is 42.5 Å². The van der Waals surface area contributed by atoms with E-state index < -0.39 is 0 Å². The van der Waals surface area contributed by atoms with E-state index in [-0.39, 0.29) is 24.0 Å². The summed E-state index contributed by atoms with van der Waals surface area (Å²) in [6.07, 6.45) is 6.39. The first kappa shape index (κ1) is 21.3. The number of aromatic nitrogens is 1. The second kappa shape index (κ2) is 12.8. The Bertz CT molecular complexity index is 440. The predicted octanol–water partition coefficient (Wildman–Crippen LogP) is 2.57. The first-order valence-electron chi connectivity index (χ1n) is 7.23. The van der Waals surface area contributed by atoms with Gasteiger partial charge in [0.1, 0.15) is 5.82 Å². The number of anilines is 1. The molecule has 0 fully saturated rings. The van der Waals surface area contributed by atoms with Gasteiger partial charge in [-0.15, -0.1) is 24.0 Å². The van der Waals surface area contributed by atoms with Crippen molar-refractivity contribution in [3.8, 4) is 0 Å². The van der Waals surface area contributed by atoms with Crippen LogP contribution in [0.4, 0.5) is 5.82 Å². The van der Waals surface area contributed by atoms with Crippen LogP contribution in [0.2, 0.25) is 0 Å². The zero-order valence-electron chi connectivity index (χ0n) is 13.9. The lowest BCUT2D eigenvalue weighted by molar-refractivity contribution is 0.733. The van der Waals surface area contributed by atoms with Gasteiger partial charge in [-0.25, -0.2) is 4.98 Å². The topological polar surface area (TPSA) is 52.6 Å². The molecule has 0 aliphatic rings. The van der Waals surface area contributed by atoms with Crippen LogP contribution in [0.15, 0.2) is 23.3 Å². The van der Waals surface area contributed by atoms with Crippen molar-refractivity contribution in [3.63, 3.8) is 0 Å². The average molecular weight is 437 g/mol. The van der Waals surface area contributed by atoms with Gasteiger partial charge < -0.3 is 15.5 Å². The van der Waals surface area contributed by atoms with Gasteiger partial charge in [0.15, 0.2) is 5.96 Å². The van der Waals surface area contributed by atoms with Crippen LogP contribution >= 0.6 is 35.7 Å². The van der Waals surface area contributed by atoms with Crippen LogP contribution in [0.1, 0.15) is 18.4 Å². The number of pyridine rings is 1. The molecule has 126 valence electrons. The Morgan fingerprint density at radius 3 is 2.73 bits per heavy atom. The predicted molar refractivity (Wildman–Crippen MR) is 110 cm³/mol.